The van der Waals surface area contributed by atoms with E-state index >= 15 is 0 Å². The molecule has 174 valence electrons. The van der Waals surface area contributed by atoms with Crippen molar-refractivity contribution in [2.75, 3.05) is 11.5 Å². The minimum Gasteiger partial charge on any atom is -0.464 e. The van der Waals surface area contributed by atoms with Crippen molar-refractivity contribution < 1.29 is 23.9 Å². The maximum absolute atomic E-state index is 13.1. The molecular weight excluding hydrogens is 448 g/mol. The minimum absolute atomic E-state index is 0.00546. The fourth-order valence-electron chi connectivity index (χ4n) is 3.87. The molecule has 0 aliphatic carbocycles. The lowest BCUT2D eigenvalue weighted by Gasteiger charge is -2.28. The third-order valence-corrected chi connectivity index (χ3v) is 5.81. The average molecular weight is 473 g/mol. The Hall–Kier alpha value is -3.26. The Bertz CT molecular complexity index is 1170. The molecule has 0 radical (unpaired) electrons. The molecule has 3 rings (SSSR count). The van der Waals surface area contributed by atoms with Crippen molar-refractivity contribution in [3.05, 3.63) is 63.0 Å². The van der Waals surface area contributed by atoms with Crippen molar-refractivity contribution in [3.63, 3.8) is 0 Å². The van der Waals surface area contributed by atoms with Gasteiger partial charge in [-0.05, 0) is 18.6 Å². The number of anilines is 1. The first kappa shape index (κ1) is 24.4. The first-order valence-electron chi connectivity index (χ1n) is 10.5. The average Bonchev–Trinajstić information content (AvgIpc) is 3.01. The van der Waals surface area contributed by atoms with Crippen molar-refractivity contribution in [1.82, 2.24) is 4.57 Å². The van der Waals surface area contributed by atoms with Gasteiger partial charge in [0.1, 0.15) is 23.3 Å². The van der Waals surface area contributed by atoms with Gasteiger partial charge in [-0.2, -0.15) is 0 Å². The Labute approximate surface area is 196 Å². The number of nitrogens with zero attached hydrogens (tertiary/aromatic N) is 2. The number of ketones is 2. The van der Waals surface area contributed by atoms with Crippen LogP contribution in [0.25, 0.3) is 0 Å². The van der Waals surface area contributed by atoms with Crippen LogP contribution in [0.3, 0.4) is 0 Å². The van der Waals surface area contributed by atoms with E-state index in [9.17, 15) is 24.0 Å². The molecule has 2 heterocycles. The van der Waals surface area contributed by atoms with E-state index in [0.29, 0.717) is 5.56 Å². The Morgan fingerprint density at radius 2 is 1.76 bits per heavy atom. The maximum atomic E-state index is 13.1. The van der Waals surface area contributed by atoms with Crippen molar-refractivity contribution >= 4 is 40.7 Å². The number of aromatic nitrogens is 1. The van der Waals surface area contributed by atoms with E-state index < -0.39 is 41.1 Å². The number of aryl methyl sites for hydroxylation is 1. The zero-order valence-electron chi connectivity index (χ0n) is 18.8. The molecular formula is C24H25ClN2O6. The highest BCUT2D eigenvalue weighted by atomic mass is 35.5. The van der Waals surface area contributed by atoms with Crippen molar-refractivity contribution in [1.29, 1.82) is 0 Å². The number of rotatable bonds is 7. The second-order valence-corrected chi connectivity index (χ2v) is 8.72. The van der Waals surface area contributed by atoms with Crippen LogP contribution in [-0.2, 0) is 30.5 Å². The monoisotopic (exact) mass is 472 g/mol. The fourth-order valence-corrected chi connectivity index (χ4v) is 4.09. The van der Waals surface area contributed by atoms with Gasteiger partial charge in [0.25, 0.3) is 11.5 Å². The van der Waals surface area contributed by atoms with E-state index in [-0.39, 0.29) is 29.6 Å². The molecule has 2 aromatic rings. The van der Waals surface area contributed by atoms with E-state index in [0.717, 1.165) is 5.56 Å². The van der Waals surface area contributed by atoms with Crippen LogP contribution >= 0.6 is 11.6 Å². The maximum Gasteiger partial charge on any atom is 0.302 e. The SMILES string of the molecule is CC(=O)OCCn1cc(N2C(=O)C(=O)C(C(=O)C(C)C)C2c2ccc(C)cc2)cc(Cl)c1=O. The van der Waals surface area contributed by atoms with Crippen LogP contribution in [0.2, 0.25) is 5.02 Å². The molecule has 1 saturated heterocycles. The topological polar surface area (TPSA) is 103 Å². The Morgan fingerprint density at radius 3 is 2.33 bits per heavy atom. The van der Waals surface area contributed by atoms with Crippen LogP contribution in [0, 0.1) is 18.8 Å². The fraction of sp³-hybridized carbons (Fsp3) is 0.375. The lowest BCUT2D eigenvalue weighted by atomic mass is 9.84. The molecule has 2 atom stereocenters. The summed E-state index contributed by atoms with van der Waals surface area (Å²) in [6.45, 7) is 6.45. The predicted octanol–water partition coefficient (Wildman–Crippen LogP) is 2.87. The van der Waals surface area contributed by atoms with E-state index in [1.807, 2.05) is 19.1 Å². The van der Waals surface area contributed by atoms with Gasteiger partial charge in [0.2, 0.25) is 5.78 Å². The summed E-state index contributed by atoms with van der Waals surface area (Å²) >= 11 is 6.16. The van der Waals surface area contributed by atoms with E-state index in [1.165, 1.54) is 28.7 Å². The molecule has 0 N–H and O–H groups in total. The standard InChI is InChI=1S/C24H25ClN2O6/c1-13(2)21(29)19-20(16-7-5-14(3)6-8-16)27(24(32)22(19)30)17-11-18(25)23(31)26(12-17)9-10-33-15(4)28/h5-8,11-13,19-20H,9-10H2,1-4H3. The first-order chi connectivity index (χ1) is 15.5. The van der Waals surface area contributed by atoms with Crippen molar-refractivity contribution in [3.8, 4) is 0 Å². The van der Waals surface area contributed by atoms with E-state index in [4.69, 9.17) is 16.3 Å². The number of esters is 1. The summed E-state index contributed by atoms with van der Waals surface area (Å²) in [4.78, 5) is 63.9. The molecule has 0 bridgehead atoms. The Balaban J connectivity index is 2.13. The third-order valence-electron chi connectivity index (χ3n) is 5.54. The summed E-state index contributed by atoms with van der Waals surface area (Å²) in [5.41, 5.74) is 1.26. The predicted molar refractivity (Wildman–Crippen MR) is 122 cm³/mol. The molecule has 1 aromatic carbocycles. The lowest BCUT2D eigenvalue weighted by molar-refractivity contribution is -0.141. The highest BCUT2D eigenvalue weighted by Crippen LogP contribution is 2.41. The second-order valence-electron chi connectivity index (χ2n) is 8.31. The van der Waals surface area contributed by atoms with E-state index in [2.05, 4.69) is 0 Å². The highest BCUT2D eigenvalue weighted by Gasteiger charge is 2.52. The number of Topliss-reactive ketones (excluding diaryl/α,β-unsaturated/α-hetero) is 2. The number of hydrogen-bond acceptors (Lipinski definition) is 6. The van der Waals surface area contributed by atoms with Crippen LogP contribution in [-0.4, -0.2) is 34.6 Å². The number of amides is 1. The molecule has 1 aromatic heterocycles. The third kappa shape index (κ3) is 4.90. The molecule has 1 fully saturated rings. The molecule has 1 aliphatic rings. The smallest absolute Gasteiger partial charge is 0.302 e. The number of benzene rings is 1. The van der Waals surface area contributed by atoms with Crippen LogP contribution in [0.4, 0.5) is 5.69 Å². The van der Waals surface area contributed by atoms with Gasteiger partial charge >= 0.3 is 5.97 Å². The number of carbonyl (C=O) groups is 4. The minimum atomic E-state index is -1.18. The highest BCUT2D eigenvalue weighted by molar-refractivity contribution is 6.48. The summed E-state index contributed by atoms with van der Waals surface area (Å²) in [6.07, 6.45) is 1.38. The van der Waals surface area contributed by atoms with Crippen LogP contribution in [0.5, 0.6) is 0 Å². The summed E-state index contributed by atoms with van der Waals surface area (Å²) < 4.78 is 6.11. The van der Waals surface area contributed by atoms with Gasteiger partial charge < -0.3 is 9.30 Å². The summed E-state index contributed by atoms with van der Waals surface area (Å²) in [6, 6.07) is 7.65. The summed E-state index contributed by atoms with van der Waals surface area (Å²) in [5.74, 6) is -4.12. The van der Waals surface area contributed by atoms with Gasteiger partial charge in [-0.25, -0.2) is 0 Å². The zero-order chi connectivity index (χ0) is 24.4. The van der Waals surface area contributed by atoms with Gasteiger partial charge in [0, 0.05) is 19.0 Å². The van der Waals surface area contributed by atoms with E-state index in [1.54, 1.807) is 26.0 Å². The Morgan fingerprint density at radius 1 is 1.12 bits per heavy atom. The van der Waals surface area contributed by atoms with Gasteiger partial charge in [-0.3, -0.25) is 28.9 Å². The van der Waals surface area contributed by atoms with Gasteiger partial charge in [-0.1, -0.05) is 55.3 Å². The number of halogens is 1. The number of hydrogen-bond donors (Lipinski definition) is 0. The number of ether oxygens (including phenoxy) is 1. The quantitative estimate of drug-likeness (QED) is 0.349. The summed E-state index contributed by atoms with van der Waals surface area (Å²) in [5, 5.41) is -0.170. The van der Waals surface area contributed by atoms with Gasteiger partial charge in [0.05, 0.1) is 18.3 Å². The zero-order valence-corrected chi connectivity index (χ0v) is 19.6. The summed E-state index contributed by atoms with van der Waals surface area (Å²) in [7, 11) is 0. The Kier molecular flexibility index (Phi) is 7.17. The molecule has 8 nitrogen and oxygen atoms in total. The molecule has 2 unspecified atom stereocenters. The normalized spacial score (nSPS) is 18.2. The molecule has 1 aliphatic heterocycles. The van der Waals surface area contributed by atoms with Crippen molar-refractivity contribution in [2.24, 2.45) is 11.8 Å². The number of carbonyl (C=O) groups excluding carboxylic acids is 4. The lowest BCUT2D eigenvalue weighted by Crippen LogP contribution is -2.33. The largest absolute Gasteiger partial charge is 0.464 e. The van der Waals surface area contributed by atoms with Gasteiger partial charge in [0.15, 0.2) is 0 Å². The molecule has 9 heteroatoms. The number of pyridine rings is 1. The van der Waals surface area contributed by atoms with Crippen LogP contribution < -0.4 is 10.5 Å². The molecule has 0 saturated carbocycles. The molecule has 0 spiro atoms. The second kappa shape index (κ2) is 9.70. The first-order valence-corrected chi connectivity index (χ1v) is 10.9. The molecule has 1 amide bonds. The van der Waals surface area contributed by atoms with Crippen LogP contribution in [0.15, 0.2) is 41.3 Å². The van der Waals surface area contributed by atoms with Crippen molar-refractivity contribution in [2.45, 2.75) is 40.3 Å². The van der Waals surface area contributed by atoms with Crippen LogP contribution in [0.1, 0.15) is 37.9 Å². The molecule has 33 heavy (non-hydrogen) atoms. The van der Waals surface area contributed by atoms with Gasteiger partial charge in [-0.15, -0.1) is 0 Å².